The van der Waals surface area contributed by atoms with Gasteiger partial charge in [-0.25, -0.2) is 8.42 Å². The van der Waals surface area contributed by atoms with Crippen molar-refractivity contribution in [1.29, 1.82) is 0 Å². The number of hydrogen-bond acceptors (Lipinski definition) is 3. The lowest BCUT2D eigenvalue weighted by Crippen LogP contribution is -2.46. The molecule has 0 aromatic rings. The molecule has 2 N–H and O–H groups in total. The first-order chi connectivity index (χ1) is 11.8. The van der Waals surface area contributed by atoms with Gasteiger partial charge in [0, 0.05) is 32.2 Å². The molecule has 0 bridgehead atoms. The van der Waals surface area contributed by atoms with E-state index in [1.54, 1.807) is 4.31 Å². The van der Waals surface area contributed by atoms with E-state index in [2.05, 4.69) is 31.4 Å². The van der Waals surface area contributed by atoms with Crippen molar-refractivity contribution in [3.63, 3.8) is 0 Å². The van der Waals surface area contributed by atoms with Crippen molar-refractivity contribution < 1.29 is 8.42 Å². The second-order valence-electron chi connectivity index (χ2n) is 8.20. The summed E-state index contributed by atoms with van der Waals surface area (Å²) in [4.78, 5) is 4.84. The molecule has 0 spiro atoms. The minimum atomic E-state index is -3.12. The number of guanidine groups is 1. The Morgan fingerprint density at radius 3 is 2.52 bits per heavy atom. The first kappa shape index (κ1) is 20.5. The fourth-order valence-electron chi connectivity index (χ4n) is 4.22. The molecule has 0 aromatic heterocycles. The molecule has 25 heavy (non-hydrogen) atoms. The van der Waals surface area contributed by atoms with Crippen LogP contribution in [0.4, 0.5) is 0 Å². The van der Waals surface area contributed by atoms with Gasteiger partial charge in [-0.05, 0) is 50.4 Å². The van der Waals surface area contributed by atoms with Crippen LogP contribution < -0.4 is 10.6 Å². The summed E-state index contributed by atoms with van der Waals surface area (Å²) in [5.41, 5.74) is 0.378. The molecule has 1 heterocycles. The van der Waals surface area contributed by atoms with Crippen molar-refractivity contribution in [3.05, 3.63) is 0 Å². The van der Waals surface area contributed by atoms with Crippen LogP contribution in [-0.2, 0) is 10.0 Å². The number of rotatable bonds is 8. The maximum atomic E-state index is 11.9. The van der Waals surface area contributed by atoms with Gasteiger partial charge in [-0.1, -0.05) is 20.3 Å². The van der Waals surface area contributed by atoms with Gasteiger partial charge < -0.3 is 10.6 Å². The Balaban J connectivity index is 1.93. The van der Waals surface area contributed by atoms with E-state index in [4.69, 9.17) is 4.99 Å². The van der Waals surface area contributed by atoms with Gasteiger partial charge in [0.1, 0.15) is 0 Å². The second-order valence-corrected chi connectivity index (χ2v) is 10.1. The molecular formula is C18H36N4O2S. The summed E-state index contributed by atoms with van der Waals surface area (Å²) >= 11 is 0. The van der Waals surface area contributed by atoms with E-state index in [-0.39, 0.29) is 6.04 Å². The molecule has 0 radical (unpaired) electrons. The second kappa shape index (κ2) is 8.71. The van der Waals surface area contributed by atoms with Crippen LogP contribution in [0.25, 0.3) is 0 Å². The largest absolute Gasteiger partial charge is 0.357 e. The SMILES string of the molecule is CCNC(=NCC1(CC(C)C)CCC1)NC[C@H]1CCCN1S(C)(=O)=O. The summed E-state index contributed by atoms with van der Waals surface area (Å²) in [6.07, 6.45) is 8.26. The van der Waals surface area contributed by atoms with E-state index in [0.717, 1.165) is 31.9 Å². The van der Waals surface area contributed by atoms with Crippen molar-refractivity contribution in [2.24, 2.45) is 16.3 Å². The summed E-state index contributed by atoms with van der Waals surface area (Å²) < 4.78 is 25.4. The van der Waals surface area contributed by atoms with Crippen molar-refractivity contribution in [2.75, 3.05) is 32.4 Å². The van der Waals surface area contributed by atoms with E-state index >= 15 is 0 Å². The Morgan fingerprint density at radius 1 is 1.28 bits per heavy atom. The van der Waals surface area contributed by atoms with Crippen LogP contribution in [-0.4, -0.2) is 57.2 Å². The average Bonchev–Trinajstić information content (AvgIpc) is 2.95. The highest BCUT2D eigenvalue weighted by molar-refractivity contribution is 7.88. The Hall–Kier alpha value is -0.820. The lowest BCUT2D eigenvalue weighted by Gasteiger charge is -2.42. The van der Waals surface area contributed by atoms with Gasteiger partial charge >= 0.3 is 0 Å². The van der Waals surface area contributed by atoms with Gasteiger partial charge in [-0.2, -0.15) is 4.31 Å². The van der Waals surface area contributed by atoms with Crippen molar-refractivity contribution in [3.8, 4) is 0 Å². The molecule has 6 nitrogen and oxygen atoms in total. The number of nitrogens with zero attached hydrogens (tertiary/aromatic N) is 2. The van der Waals surface area contributed by atoms with E-state index in [9.17, 15) is 8.42 Å². The third kappa shape index (κ3) is 5.84. The highest BCUT2D eigenvalue weighted by Crippen LogP contribution is 2.46. The lowest BCUT2D eigenvalue weighted by atomic mass is 9.64. The van der Waals surface area contributed by atoms with Gasteiger partial charge in [-0.15, -0.1) is 0 Å². The van der Waals surface area contributed by atoms with E-state index in [1.807, 2.05) is 0 Å². The molecule has 0 aromatic carbocycles. The zero-order valence-electron chi connectivity index (χ0n) is 16.3. The minimum Gasteiger partial charge on any atom is -0.357 e. The molecule has 2 aliphatic rings. The smallest absolute Gasteiger partial charge is 0.211 e. The van der Waals surface area contributed by atoms with Crippen molar-refractivity contribution in [1.82, 2.24) is 14.9 Å². The van der Waals surface area contributed by atoms with Crippen LogP contribution in [0.3, 0.4) is 0 Å². The van der Waals surface area contributed by atoms with Crippen molar-refractivity contribution >= 4 is 16.0 Å². The molecule has 2 rings (SSSR count). The molecule has 1 saturated heterocycles. The zero-order chi connectivity index (χ0) is 18.5. The van der Waals surface area contributed by atoms with Gasteiger partial charge in [0.25, 0.3) is 0 Å². The van der Waals surface area contributed by atoms with Gasteiger partial charge in [-0.3, -0.25) is 4.99 Å². The normalized spacial score (nSPS) is 24.4. The maximum Gasteiger partial charge on any atom is 0.211 e. The number of sulfonamides is 1. The summed E-state index contributed by atoms with van der Waals surface area (Å²) in [6, 6.07) is 0.0344. The first-order valence-electron chi connectivity index (χ1n) is 9.75. The van der Waals surface area contributed by atoms with Crippen LogP contribution in [0.15, 0.2) is 4.99 Å². The van der Waals surface area contributed by atoms with E-state index in [1.165, 1.54) is 31.9 Å². The predicted octanol–water partition coefficient (Wildman–Crippen LogP) is 2.18. The standard InChI is InChI=1S/C18H36N4O2S/c1-5-19-17(21-14-18(9-7-10-18)12-15(2)3)20-13-16-8-6-11-22(16)25(4,23)24/h15-16H,5-14H2,1-4H3,(H2,19,20,21)/t16-/m1/s1. The van der Waals surface area contributed by atoms with Crippen LogP contribution in [0, 0.1) is 11.3 Å². The molecule has 0 unspecified atom stereocenters. The number of aliphatic imine (C=N–C) groups is 1. The van der Waals surface area contributed by atoms with E-state index < -0.39 is 10.0 Å². The summed E-state index contributed by atoms with van der Waals surface area (Å²) in [7, 11) is -3.12. The predicted molar refractivity (Wildman–Crippen MR) is 104 cm³/mol. The Kier molecular flexibility index (Phi) is 7.14. The monoisotopic (exact) mass is 372 g/mol. The minimum absolute atomic E-state index is 0.0344. The highest BCUT2D eigenvalue weighted by atomic mass is 32.2. The molecule has 1 saturated carbocycles. The van der Waals surface area contributed by atoms with Crippen LogP contribution in [0.1, 0.15) is 59.3 Å². The molecule has 146 valence electrons. The summed E-state index contributed by atoms with van der Waals surface area (Å²) in [5, 5.41) is 6.68. The quantitative estimate of drug-likeness (QED) is 0.506. The number of nitrogens with one attached hydrogen (secondary N) is 2. The third-order valence-electron chi connectivity index (χ3n) is 5.43. The third-order valence-corrected chi connectivity index (χ3v) is 6.76. The molecular weight excluding hydrogens is 336 g/mol. The number of hydrogen-bond donors (Lipinski definition) is 2. The van der Waals surface area contributed by atoms with Crippen LogP contribution >= 0.6 is 0 Å². The molecule has 1 aliphatic heterocycles. The molecule has 0 amide bonds. The molecule has 7 heteroatoms. The molecule has 2 fully saturated rings. The van der Waals surface area contributed by atoms with Gasteiger partial charge in [0.15, 0.2) is 5.96 Å². The topological polar surface area (TPSA) is 73.8 Å². The maximum absolute atomic E-state index is 11.9. The fourth-order valence-corrected chi connectivity index (χ4v) is 5.40. The first-order valence-corrected chi connectivity index (χ1v) is 11.6. The fraction of sp³-hybridized carbons (Fsp3) is 0.944. The zero-order valence-corrected chi connectivity index (χ0v) is 17.2. The van der Waals surface area contributed by atoms with Crippen molar-refractivity contribution in [2.45, 2.75) is 65.3 Å². The average molecular weight is 373 g/mol. The Morgan fingerprint density at radius 2 is 2.00 bits per heavy atom. The summed E-state index contributed by atoms with van der Waals surface area (Å²) in [6.45, 7) is 9.56. The lowest BCUT2D eigenvalue weighted by molar-refractivity contribution is 0.111. The summed E-state index contributed by atoms with van der Waals surface area (Å²) in [5.74, 6) is 1.52. The van der Waals surface area contributed by atoms with Crippen LogP contribution in [0.2, 0.25) is 0 Å². The van der Waals surface area contributed by atoms with Gasteiger partial charge in [0.2, 0.25) is 10.0 Å². The molecule has 1 aliphatic carbocycles. The van der Waals surface area contributed by atoms with Crippen LogP contribution in [0.5, 0.6) is 0 Å². The highest BCUT2D eigenvalue weighted by Gasteiger charge is 2.37. The molecule has 1 atom stereocenters. The Labute approximate surface area is 153 Å². The Bertz CT molecular complexity index is 555. The van der Waals surface area contributed by atoms with E-state index in [0.29, 0.717) is 24.4 Å². The van der Waals surface area contributed by atoms with Gasteiger partial charge in [0.05, 0.1) is 6.26 Å².